The Balaban J connectivity index is 1.26. The Hall–Kier alpha value is -2.90. The topological polar surface area (TPSA) is 68.1 Å². The van der Waals surface area contributed by atoms with E-state index in [9.17, 15) is 10.1 Å². The third-order valence-electron chi connectivity index (χ3n) is 5.10. The van der Waals surface area contributed by atoms with E-state index in [1.807, 2.05) is 24.3 Å². The molecule has 2 aromatic carbocycles. The summed E-state index contributed by atoms with van der Waals surface area (Å²) in [6, 6.07) is 12.9. The highest BCUT2D eigenvalue weighted by Gasteiger charge is 2.18. The first kappa shape index (κ1) is 18.5. The van der Waals surface area contributed by atoms with Gasteiger partial charge in [-0.1, -0.05) is 30.4 Å². The van der Waals surface area contributed by atoms with Crippen molar-refractivity contribution in [3.63, 3.8) is 0 Å². The Labute approximate surface area is 163 Å². The van der Waals surface area contributed by atoms with Gasteiger partial charge in [-0.25, -0.2) is 0 Å². The number of para-hydroxylation sites is 1. The molecule has 2 aliphatic rings. The normalized spacial score (nSPS) is 17.3. The van der Waals surface area contributed by atoms with Gasteiger partial charge in [0.05, 0.1) is 10.5 Å². The predicted octanol–water partition coefficient (Wildman–Crippen LogP) is 3.15. The minimum Gasteiger partial charge on any atom is -0.454 e. The van der Waals surface area contributed by atoms with Gasteiger partial charge in [-0.05, 0) is 23.8 Å². The molecular weight excluding hydrogens is 358 g/mol. The summed E-state index contributed by atoms with van der Waals surface area (Å²) in [5.74, 6) is 1.65. The lowest BCUT2D eigenvalue weighted by atomic mass is 10.1. The largest absolute Gasteiger partial charge is 0.454 e. The summed E-state index contributed by atoms with van der Waals surface area (Å²) in [6.45, 7) is 5.94. The van der Waals surface area contributed by atoms with Crippen molar-refractivity contribution >= 4 is 11.8 Å². The molecule has 2 heterocycles. The molecule has 0 aliphatic carbocycles. The molecule has 4 rings (SSSR count). The maximum atomic E-state index is 11.1. The van der Waals surface area contributed by atoms with Crippen molar-refractivity contribution in [2.45, 2.75) is 6.54 Å². The van der Waals surface area contributed by atoms with Gasteiger partial charge in [-0.3, -0.25) is 19.9 Å². The average molecular weight is 381 g/mol. The lowest BCUT2D eigenvalue weighted by Crippen LogP contribution is -2.45. The number of hydrogen-bond acceptors (Lipinski definition) is 6. The SMILES string of the molecule is O=[N+]([O-])c1ccccc1C=CCN1CCN(Cc2ccc3c(c2)OCO3)CC1. The van der Waals surface area contributed by atoms with E-state index in [4.69, 9.17) is 9.47 Å². The van der Waals surface area contributed by atoms with Gasteiger partial charge >= 0.3 is 0 Å². The molecular formula is C21H23N3O4. The predicted molar refractivity (Wildman–Crippen MR) is 106 cm³/mol. The third kappa shape index (κ3) is 4.32. The second kappa shape index (κ2) is 8.41. The molecule has 0 saturated carbocycles. The van der Waals surface area contributed by atoms with Crippen molar-refractivity contribution in [1.82, 2.24) is 9.80 Å². The molecule has 0 radical (unpaired) electrons. The van der Waals surface area contributed by atoms with Crippen LogP contribution in [0.4, 0.5) is 5.69 Å². The first-order valence-corrected chi connectivity index (χ1v) is 9.42. The van der Waals surface area contributed by atoms with Crippen molar-refractivity contribution in [2.24, 2.45) is 0 Å². The van der Waals surface area contributed by atoms with E-state index in [0.29, 0.717) is 12.4 Å². The molecule has 0 aromatic heterocycles. The van der Waals surface area contributed by atoms with Crippen molar-refractivity contribution < 1.29 is 14.4 Å². The van der Waals surface area contributed by atoms with Crippen LogP contribution in [0.1, 0.15) is 11.1 Å². The molecule has 146 valence electrons. The summed E-state index contributed by atoms with van der Waals surface area (Å²) in [5.41, 5.74) is 2.02. The zero-order chi connectivity index (χ0) is 19.3. The van der Waals surface area contributed by atoms with E-state index in [-0.39, 0.29) is 10.6 Å². The molecule has 1 fully saturated rings. The number of benzene rings is 2. The standard InChI is InChI=1S/C21H23N3O4/c25-24(26)19-6-2-1-4-18(19)5-3-9-22-10-12-23(13-11-22)15-17-7-8-20-21(14-17)28-16-27-20/h1-8,14H,9-13,15-16H2. The summed E-state index contributed by atoms with van der Waals surface area (Å²) in [7, 11) is 0. The second-order valence-electron chi connectivity index (χ2n) is 6.98. The minimum absolute atomic E-state index is 0.146. The quantitative estimate of drug-likeness (QED) is 0.566. The van der Waals surface area contributed by atoms with Crippen LogP contribution in [0.5, 0.6) is 11.5 Å². The molecule has 0 N–H and O–H groups in total. The summed E-state index contributed by atoms with van der Waals surface area (Å²) >= 11 is 0. The maximum absolute atomic E-state index is 11.1. The van der Waals surface area contributed by atoms with Crippen LogP contribution in [0.25, 0.3) is 6.08 Å². The third-order valence-corrected chi connectivity index (χ3v) is 5.10. The fraction of sp³-hybridized carbons (Fsp3) is 0.333. The Morgan fingerprint density at radius 1 is 1.00 bits per heavy atom. The van der Waals surface area contributed by atoms with E-state index >= 15 is 0 Å². The monoisotopic (exact) mass is 381 g/mol. The van der Waals surface area contributed by atoms with Crippen LogP contribution in [0.3, 0.4) is 0 Å². The number of fused-ring (bicyclic) bond motifs is 1. The van der Waals surface area contributed by atoms with Crippen molar-refractivity contribution in [1.29, 1.82) is 0 Å². The number of ether oxygens (including phenoxy) is 2. The number of rotatable bonds is 6. The zero-order valence-electron chi connectivity index (χ0n) is 15.6. The van der Waals surface area contributed by atoms with Crippen LogP contribution in [0, 0.1) is 10.1 Å². The lowest BCUT2D eigenvalue weighted by Gasteiger charge is -2.34. The van der Waals surface area contributed by atoms with Gasteiger partial charge in [0.2, 0.25) is 6.79 Å². The molecule has 0 atom stereocenters. The summed E-state index contributed by atoms with van der Waals surface area (Å²) in [5, 5.41) is 11.1. The van der Waals surface area contributed by atoms with Gasteiger partial charge < -0.3 is 9.47 Å². The van der Waals surface area contributed by atoms with Crippen LogP contribution in [-0.4, -0.2) is 54.2 Å². The summed E-state index contributed by atoms with van der Waals surface area (Å²) in [4.78, 5) is 15.5. The van der Waals surface area contributed by atoms with Crippen molar-refractivity contribution in [3.05, 3.63) is 69.8 Å². The van der Waals surface area contributed by atoms with E-state index in [1.54, 1.807) is 12.1 Å². The highest BCUT2D eigenvalue weighted by atomic mass is 16.7. The Bertz CT molecular complexity index is 876. The molecule has 2 aliphatic heterocycles. The van der Waals surface area contributed by atoms with Crippen molar-refractivity contribution in [3.8, 4) is 11.5 Å². The highest BCUT2D eigenvalue weighted by molar-refractivity contribution is 5.60. The second-order valence-corrected chi connectivity index (χ2v) is 6.98. The van der Waals surface area contributed by atoms with Crippen LogP contribution in [-0.2, 0) is 6.54 Å². The molecule has 0 unspecified atom stereocenters. The van der Waals surface area contributed by atoms with Gasteiger partial charge in [0.15, 0.2) is 11.5 Å². The molecule has 0 bridgehead atoms. The molecule has 7 heteroatoms. The Morgan fingerprint density at radius 2 is 1.75 bits per heavy atom. The Morgan fingerprint density at radius 3 is 2.57 bits per heavy atom. The van der Waals surface area contributed by atoms with Crippen molar-refractivity contribution in [2.75, 3.05) is 39.5 Å². The smallest absolute Gasteiger partial charge is 0.276 e. The number of piperazine rings is 1. The first-order valence-electron chi connectivity index (χ1n) is 9.42. The summed E-state index contributed by atoms with van der Waals surface area (Å²) < 4.78 is 10.8. The maximum Gasteiger partial charge on any atom is 0.276 e. The van der Waals surface area contributed by atoms with E-state index in [2.05, 4.69) is 21.9 Å². The van der Waals surface area contributed by atoms with Gasteiger partial charge in [-0.15, -0.1) is 0 Å². The molecule has 28 heavy (non-hydrogen) atoms. The number of hydrogen-bond donors (Lipinski definition) is 0. The van der Waals surface area contributed by atoms with E-state index in [1.165, 1.54) is 11.6 Å². The molecule has 0 spiro atoms. The lowest BCUT2D eigenvalue weighted by molar-refractivity contribution is -0.385. The van der Waals surface area contributed by atoms with Crippen LogP contribution < -0.4 is 9.47 Å². The Kier molecular flexibility index (Phi) is 5.55. The zero-order valence-corrected chi connectivity index (χ0v) is 15.6. The van der Waals surface area contributed by atoms with Gasteiger partial charge in [-0.2, -0.15) is 0 Å². The molecule has 0 amide bonds. The number of nitro groups is 1. The minimum atomic E-state index is -0.339. The van der Waals surface area contributed by atoms with Gasteiger partial charge in [0, 0.05) is 45.3 Å². The van der Waals surface area contributed by atoms with Crippen LogP contribution >= 0.6 is 0 Å². The first-order chi connectivity index (χ1) is 13.7. The molecule has 2 aromatic rings. The molecule has 1 saturated heterocycles. The van der Waals surface area contributed by atoms with E-state index in [0.717, 1.165) is 50.8 Å². The van der Waals surface area contributed by atoms with Crippen LogP contribution in [0.15, 0.2) is 48.5 Å². The van der Waals surface area contributed by atoms with Gasteiger partial charge in [0.1, 0.15) is 0 Å². The number of nitrogens with zero attached hydrogens (tertiary/aromatic N) is 3. The highest BCUT2D eigenvalue weighted by Crippen LogP contribution is 2.32. The molecule has 7 nitrogen and oxygen atoms in total. The van der Waals surface area contributed by atoms with Crippen LogP contribution in [0.2, 0.25) is 0 Å². The average Bonchev–Trinajstić information content (AvgIpc) is 3.17. The van der Waals surface area contributed by atoms with Gasteiger partial charge in [0.25, 0.3) is 5.69 Å². The summed E-state index contributed by atoms with van der Waals surface area (Å²) in [6.07, 6.45) is 3.85. The van der Waals surface area contributed by atoms with E-state index < -0.39 is 0 Å². The number of nitro benzene ring substituents is 1. The fourth-order valence-electron chi connectivity index (χ4n) is 3.55. The fourth-order valence-corrected chi connectivity index (χ4v) is 3.55.